The molecule has 0 aromatic carbocycles. The number of carbonyl (C=O) groups is 1. The van der Waals surface area contributed by atoms with Crippen molar-refractivity contribution in [2.24, 2.45) is 5.73 Å². The Kier molecular flexibility index (Phi) is 8.14. The predicted octanol–water partition coefficient (Wildman–Crippen LogP) is 1.73. The number of ether oxygens (including phenoxy) is 2. The summed E-state index contributed by atoms with van der Waals surface area (Å²) in [6.45, 7) is 11.5. The predicted molar refractivity (Wildman–Crippen MR) is 87.9 cm³/mol. The minimum absolute atomic E-state index is 0.276. The van der Waals surface area contributed by atoms with E-state index in [-0.39, 0.29) is 12.1 Å². The maximum Gasteiger partial charge on any atom is 0.407 e. The monoisotopic (exact) mass is 315 g/mol. The Labute approximate surface area is 134 Å². The van der Waals surface area contributed by atoms with Crippen molar-refractivity contribution in [1.82, 2.24) is 10.2 Å². The van der Waals surface area contributed by atoms with Gasteiger partial charge in [0, 0.05) is 32.3 Å². The van der Waals surface area contributed by atoms with E-state index in [1.54, 1.807) is 0 Å². The lowest BCUT2D eigenvalue weighted by atomic mass is 10.0. The summed E-state index contributed by atoms with van der Waals surface area (Å²) in [7, 11) is 0. The normalized spacial score (nSPS) is 21.4. The molecule has 0 aromatic rings. The molecule has 2 unspecified atom stereocenters. The van der Waals surface area contributed by atoms with E-state index in [0.29, 0.717) is 19.2 Å². The highest BCUT2D eigenvalue weighted by Gasteiger charge is 2.25. The zero-order valence-corrected chi connectivity index (χ0v) is 14.6. The van der Waals surface area contributed by atoms with Crippen LogP contribution in [0, 0.1) is 0 Å². The van der Waals surface area contributed by atoms with Crippen molar-refractivity contribution in [3.05, 3.63) is 0 Å². The van der Waals surface area contributed by atoms with Gasteiger partial charge in [-0.3, -0.25) is 4.90 Å². The summed E-state index contributed by atoms with van der Waals surface area (Å²) in [5.41, 5.74) is 5.45. The number of nitrogens with two attached hydrogens (primary N) is 1. The third kappa shape index (κ3) is 7.42. The lowest BCUT2D eigenvalue weighted by Gasteiger charge is -2.37. The summed E-state index contributed by atoms with van der Waals surface area (Å²) in [5, 5.41) is 2.80. The summed E-state index contributed by atoms with van der Waals surface area (Å²) < 4.78 is 11.0. The summed E-state index contributed by atoms with van der Waals surface area (Å²) in [6, 6.07) is 0.276. The summed E-state index contributed by atoms with van der Waals surface area (Å²) in [4.78, 5) is 14.0. The van der Waals surface area contributed by atoms with Crippen molar-refractivity contribution in [3.63, 3.8) is 0 Å². The van der Waals surface area contributed by atoms with Crippen LogP contribution in [0.2, 0.25) is 0 Å². The molecule has 1 aliphatic heterocycles. The van der Waals surface area contributed by atoms with Gasteiger partial charge in [-0.05, 0) is 53.5 Å². The average Bonchev–Trinajstić information content (AvgIpc) is 2.42. The SMILES string of the molecule is CCOC1CCCN(C(CN)CCNC(=O)OC(C)(C)C)C1. The lowest BCUT2D eigenvalue weighted by molar-refractivity contribution is -0.00739. The summed E-state index contributed by atoms with van der Waals surface area (Å²) >= 11 is 0. The van der Waals surface area contributed by atoms with Gasteiger partial charge >= 0.3 is 6.09 Å². The van der Waals surface area contributed by atoms with Crippen molar-refractivity contribution >= 4 is 6.09 Å². The molecule has 1 rings (SSSR count). The van der Waals surface area contributed by atoms with Gasteiger partial charge in [-0.1, -0.05) is 0 Å². The van der Waals surface area contributed by atoms with Crippen molar-refractivity contribution < 1.29 is 14.3 Å². The standard InChI is InChI=1S/C16H33N3O3/c1-5-21-14-7-6-10-19(12-14)13(11-17)8-9-18-15(20)22-16(2,3)4/h13-14H,5-12,17H2,1-4H3,(H,18,20). The number of amides is 1. The second-order valence-electron chi connectivity index (χ2n) is 6.82. The first kappa shape index (κ1) is 19.2. The highest BCUT2D eigenvalue weighted by atomic mass is 16.6. The average molecular weight is 315 g/mol. The van der Waals surface area contributed by atoms with Gasteiger partial charge in [0.15, 0.2) is 0 Å². The van der Waals surface area contributed by atoms with Crippen LogP contribution in [0.5, 0.6) is 0 Å². The van der Waals surface area contributed by atoms with E-state index in [4.69, 9.17) is 15.2 Å². The molecule has 0 spiro atoms. The van der Waals surface area contributed by atoms with E-state index in [9.17, 15) is 4.79 Å². The number of hydrogen-bond acceptors (Lipinski definition) is 5. The molecule has 130 valence electrons. The summed E-state index contributed by atoms with van der Waals surface area (Å²) in [6.07, 6.45) is 3.04. The van der Waals surface area contributed by atoms with Gasteiger partial charge in [-0.25, -0.2) is 4.79 Å². The Balaban J connectivity index is 2.33. The van der Waals surface area contributed by atoms with Gasteiger partial charge < -0.3 is 20.5 Å². The zero-order valence-electron chi connectivity index (χ0n) is 14.6. The molecule has 0 saturated carbocycles. The first-order valence-electron chi connectivity index (χ1n) is 8.38. The molecular formula is C16H33N3O3. The second kappa shape index (κ2) is 9.33. The Hall–Kier alpha value is -0.850. The maximum atomic E-state index is 11.6. The van der Waals surface area contributed by atoms with Gasteiger partial charge in [0.1, 0.15) is 5.60 Å². The molecule has 6 nitrogen and oxygen atoms in total. The van der Waals surface area contributed by atoms with Crippen LogP contribution in [0.15, 0.2) is 0 Å². The minimum atomic E-state index is -0.463. The van der Waals surface area contributed by atoms with Gasteiger partial charge in [0.2, 0.25) is 0 Å². The second-order valence-corrected chi connectivity index (χ2v) is 6.82. The third-order valence-electron chi connectivity index (χ3n) is 3.75. The van der Waals surface area contributed by atoms with Crippen molar-refractivity contribution in [3.8, 4) is 0 Å². The van der Waals surface area contributed by atoms with E-state index >= 15 is 0 Å². The largest absolute Gasteiger partial charge is 0.444 e. The molecule has 2 atom stereocenters. The lowest BCUT2D eigenvalue weighted by Crippen LogP contribution is -2.49. The molecule has 1 aliphatic rings. The molecule has 6 heteroatoms. The fraction of sp³-hybridized carbons (Fsp3) is 0.938. The van der Waals surface area contributed by atoms with Crippen molar-refractivity contribution in [2.45, 2.75) is 64.7 Å². The van der Waals surface area contributed by atoms with Crippen LogP contribution in [-0.4, -0.2) is 61.5 Å². The number of piperidine rings is 1. The van der Waals surface area contributed by atoms with Crippen LogP contribution in [0.3, 0.4) is 0 Å². The van der Waals surface area contributed by atoms with Crippen LogP contribution < -0.4 is 11.1 Å². The number of nitrogens with zero attached hydrogens (tertiary/aromatic N) is 1. The van der Waals surface area contributed by atoms with Gasteiger partial charge in [0.25, 0.3) is 0 Å². The zero-order chi connectivity index (χ0) is 16.6. The van der Waals surface area contributed by atoms with Crippen LogP contribution in [0.4, 0.5) is 4.79 Å². The third-order valence-corrected chi connectivity index (χ3v) is 3.75. The highest BCUT2D eigenvalue weighted by Crippen LogP contribution is 2.16. The number of rotatable bonds is 7. The summed E-state index contributed by atoms with van der Waals surface area (Å²) in [5.74, 6) is 0. The van der Waals surface area contributed by atoms with Gasteiger partial charge in [-0.15, -0.1) is 0 Å². The molecule has 3 N–H and O–H groups in total. The van der Waals surface area contributed by atoms with Crippen molar-refractivity contribution in [1.29, 1.82) is 0 Å². The molecule has 1 heterocycles. The molecule has 1 amide bonds. The number of alkyl carbamates (subject to hydrolysis) is 1. The van der Waals surface area contributed by atoms with E-state index in [0.717, 1.165) is 39.0 Å². The highest BCUT2D eigenvalue weighted by molar-refractivity contribution is 5.67. The van der Waals surface area contributed by atoms with Gasteiger partial charge in [-0.2, -0.15) is 0 Å². The minimum Gasteiger partial charge on any atom is -0.444 e. The van der Waals surface area contributed by atoms with Gasteiger partial charge in [0.05, 0.1) is 6.10 Å². The molecular weight excluding hydrogens is 282 g/mol. The van der Waals surface area contributed by atoms with E-state index in [1.807, 2.05) is 27.7 Å². The molecule has 0 aromatic heterocycles. The number of likely N-dealkylation sites (tertiary alicyclic amines) is 1. The molecule has 0 aliphatic carbocycles. The van der Waals surface area contributed by atoms with E-state index in [2.05, 4.69) is 10.2 Å². The maximum absolute atomic E-state index is 11.6. The molecule has 0 bridgehead atoms. The van der Waals surface area contributed by atoms with Crippen LogP contribution >= 0.6 is 0 Å². The molecule has 1 saturated heterocycles. The fourth-order valence-corrected chi connectivity index (χ4v) is 2.77. The topological polar surface area (TPSA) is 76.8 Å². The number of nitrogens with one attached hydrogen (secondary N) is 1. The molecule has 1 fully saturated rings. The smallest absolute Gasteiger partial charge is 0.407 e. The van der Waals surface area contributed by atoms with Crippen LogP contribution in [0.25, 0.3) is 0 Å². The molecule has 22 heavy (non-hydrogen) atoms. The first-order chi connectivity index (χ1) is 10.4. The van der Waals surface area contributed by atoms with E-state index in [1.165, 1.54) is 0 Å². The quantitative estimate of drug-likeness (QED) is 0.748. The fourth-order valence-electron chi connectivity index (χ4n) is 2.77. The Morgan fingerprint density at radius 3 is 2.77 bits per heavy atom. The molecule has 0 radical (unpaired) electrons. The van der Waals surface area contributed by atoms with Crippen LogP contribution in [0.1, 0.15) is 47.0 Å². The Morgan fingerprint density at radius 1 is 1.45 bits per heavy atom. The van der Waals surface area contributed by atoms with E-state index < -0.39 is 5.60 Å². The Morgan fingerprint density at radius 2 is 2.18 bits per heavy atom. The number of carbonyl (C=O) groups excluding carboxylic acids is 1. The first-order valence-corrected chi connectivity index (χ1v) is 8.38. The Bertz CT molecular complexity index is 329. The van der Waals surface area contributed by atoms with Crippen LogP contribution in [-0.2, 0) is 9.47 Å². The van der Waals surface area contributed by atoms with Crippen molar-refractivity contribution in [2.75, 3.05) is 32.8 Å². The number of hydrogen-bond donors (Lipinski definition) is 2.